The summed E-state index contributed by atoms with van der Waals surface area (Å²) < 4.78 is 6.48. The number of nitrogens with one attached hydrogen (secondary N) is 1. The second-order valence-corrected chi connectivity index (χ2v) is 11.8. The van der Waals surface area contributed by atoms with Crippen LogP contribution in [-0.2, 0) is 4.43 Å². The molecule has 0 aromatic heterocycles. The lowest BCUT2D eigenvalue weighted by Gasteiger charge is -2.53. The van der Waals surface area contributed by atoms with Gasteiger partial charge in [0.15, 0.2) is 8.32 Å². The highest BCUT2D eigenvalue weighted by Crippen LogP contribution is 2.42. The van der Waals surface area contributed by atoms with Crippen LogP contribution < -0.4 is 5.32 Å². The fraction of sp³-hybridized carbons (Fsp3) is 1.00. The standard InChI is InChI=1S/C14H29NOSi/c1-11-10-13(16-17(3,4)5)12-8-6-7-9-14(12,2)15-11/h11-13,15H,6-10H2,1-5H3. The van der Waals surface area contributed by atoms with E-state index in [2.05, 4.69) is 38.8 Å². The fourth-order valence-electron chi connectivity index (χ4n) is 3.85. The minimum atomic E-state index is -1.41. The third-order valence-corrected chi connectivity index (χ3v) is 5.41. The summed E-state index contributed by atoms with van der Waals surface area (Å²) in [6.07, 6.45) is 7.15. The van der Waals surface area contributed by atoms with E-state index in [-0.39, 0.29) is 0 Å². The Hall–Kier alpha value is 0.137. The summed E-state index contributed by atoms with van der Waals surface area (Å²) in [6, 6.07) is 0.607. The number of fused-ring (bicyclic) bond motifs is 1. The zero-order chi connectivity index (χ0) is 12.7. The van der Waals surface area contributed by atoms with Gasteiger partial charge in [-0.2, -0.15) is 0 Å². The molecule has 4 atom stereocenters. The van der Waals surface area contributed by atoms with Crippen LogP contribution in [0, 0.1) is 5.92 Å². The molecule has 1 aliphatic carbocycles. The van der Waals surface area contributed by atoms with E-state index in [9.17, 15) is 0 Å². The van der Waals surface area contributed by atoms with Crippen LogP contribution in [0.4, 0.5) is 0 Å². The van der Waals surface area contributed by atoms with Crippen molar-refractivity contribution in [3.63, 3.8) is 0 Å². The van der Waals surface area contributed by atoms with Gasteiger partial charge in [-0.05, 0) is 52.8 Å². The van der Waals surface area contributed by atoms with E-state index >= 15 is 0 Å². The summed E-state index contributed by atoms with van der Waals surface area (Å²) in [6.45, 7) is 11.7. The normalized spacial score (nSPS) is 43.2. The van der Waals surface area contributed by atoms with E-state index < -0.39 is 8.32 Å². The van der Waals surface area contributed by atoms with Crippen molar-refractivity contribution in [3.05, 3.63) is 0 Å². The number of rotatable bonds is 2. The van der Waals surface area contributed by atoms with Gasteiger partial charge in [-0.15, -0.1) is 0 Å². The first kappa shape index (κ1) is 13.6. The predicted molar refractivity (Wildman–Crippen MR) is 75.8 cm³/mol. The smallest absolute Gasteiger partial charge is 0.184 e. The van der Waals surface area contributed by atoms with Gasteiger partial charge in [0.25, 0.3) is 0 Å². The first-order valence-corrected chi connectivity index (χ1v) is 10.7. The molecule has 17 heavy (non-hydrogen) atoms. The van der Waals surface area contributed by atoms with Gasteiger partial charge in [-0.25, -0.2) is 0 Å². The van der Waals surface area contributed by atoms with Gasteiger partial charge in [0.1, 0.15) is 0 Å². The van der Waals surface area contributed by atoms with Crippen molar-refractivity contribution >= 4 is 8.32 Å². The molecular formula is C14H29NOSi. The van der Waals surface area contributed by atoms with Crippen LogP contribution in [0.3, 0.4) is 0 Å². The molecule has 2 rings (SSSR count). The summed E-state index contributed by atoms with van der Waals surface area (Å²) in [5.74, 6) is 0.735. The molecule has 4 unspecified atom stereocenters. The van der Waals surface area contributed by atoms with Crippen LogP contribution >= 0.6 is 0 Å². The van der Waals surface area contributed by atoms with Gasteiger partial charge in [0.2, 0.25) is 0 Å². The van der Waals surface area contributed by atoms with Crippen LogP contribution in [0.1, 0.15) is 46.0 Å². The molecule has 1 heterocycles. The Balaban J connectivity index is 2.13. The molecule has 0 amide bonds. The lowest BCUT2D eigenvalue weighted by molar-refractivity contribution is -0.0151. The molecule has 2 nitrogen and oxygen atoms in total. The molecule has 1 saturated heterocycles. The second-order valence-electron chi connectivity index (χ2n) is 7.32. The molecule has 1 saturated carbocycles. The lowest BCUT2D eigenvalue weighted by Crippen LogP contribution is -2.63. The van der Waals surface area contributed by atoms with Crippen LogP contribution in [-0.4, -0.2) is 26.0 Å². The highest BCUT2D eigenvalue weighted by Gasteiger charge is 2.46. The van der Waals surface area contributed by atoms with Gasteiger partial charge < -0.3 is 9.74 Å². The third kappa shape index (κ3) is 3.12. The maximum Gasteiger partial charge on any atom is 0.184 e. The Labute approximate surface area is 108 Å². The van der Waals surface area contributed by atoms with Gasteiger partial charge in [-0.1, -0.05) is 12.8 Å². The molecule has 1 aliphatic heterocycles. The summed E-state index contributed by atoms with van der Waals surface area (Å²) in [4.78, 5) is 0. The molecule has 100 valence electrons. The van der Waals surface area contributed by atoms with Crippen molar-refractivity contribution in [1.82, 2.24) is 5.32 Å². The van der Waals surface area contributed by atoms with Crippen LogP contribution in [0.5, 0.6) is 0 Å². The van der Waals surface area contributed by atoms with E-state index in [0.717, 1.165) is 5.92 Å². The Kier molecular flexibility index (Phi) is 3.73. The molecule has 0 aromatic rings. The molecule has 0 spiro atoms. The summed E-state index contributed by atoms with van der Waals surface area (Å²) in [5.41, 5.74) is 0.334. The van der Waals surface area contributed by atoms with E-state index in [4.69, 9.17) is 4.43 Å². The van der Waals surface area contributed by atoms with Gasteiger partial charge in [0, 0.05) is 17.5 Å². The van der Waals surface area contributed by atoms with Crippen LogP contribution in [0.15, 0.2) is 0 Å². The molecule has 2 fully saturated rings. The minimum absolute atomic E-state index is 0.334. The van der Waals surface area contributed by atoms with Crippen molar-refractivity contribution in [3.8, 4) is 0 Å². The number of hydrogen-bond donors (Lipinski definition) is 1. The SMILES string of the molecule is CC1CC(O[Si](C)(C)C)C2CCCCC2(C)N1. The van der Waals surface area contributed by atoms with E-state index in [0.29, 0.717) is 17.7 Å². The maximum absolute atomic E-state index is 6.48. The summed E-state index contributed by atoms with van der Waals surface area (Å²) in [5, 5.41) is 3.85. The molecule has 0 aromatic carbocycles. The molecular weight excluding hydrogens is 226 g/mol. The van der Waals surface area contributed by atoms with Gasteiger partial charge >= 0.3 is 0 Å². The van der Waals surface area contributed by atoms with Crippen molar-refractivity contribution < 1.29 is 4.43 Å². The molecule has 1 N–H and O–H groups in total. The van der Waals surface area contributed by atoms with Gasteiger partial charge in [-0.3, -0.25) is 0 Å². The quantitative estimate of drug-likeness (QED) is 0.762. The van der Waals surface area contributed by atoms with E-state index in [1.54, 1.807) is 0 Å². The Morgan fingerprint density at radius 1 is 1.24 bits per heavy atom. The Morgan fingerprint density at radius 3 is 2.59 bits per heavy atom. The van der Waals surface area contributed by atoms with Crippen LogP contribution in [0.2, 0.25) is 19.6 Å². The molecule has 0 radical (unpaired) electrons. The molecule has 0 bridgehead atoms. The minimum Gasteiger partial charge on any atom is -0.414 e. The Morgan fingerprint density at radius 2 is 1.94 bits per heavy atom. The summed E-state index contributed by atoms with van der Waals surface area (Å²) >= 11 is 0. The average Bonchev–Trinajstić information content (AvgIpc) is 2.13. The van der Waals surface area contributed by atoms with E-state index in [1.165, 1.54) is 32.1 Å². The van der Waals surface area contributed by atoms with Crippen molar-refractivity contribution in [1.29, 1.82) is 0 Å². The zero-order valence-electron chi connectivity index (χ0n) is 12.2. The maximum atomic E-state index is 6.48. The lowest BCUT2D eigenvalue weighted by atomic mass is 9.67. The highest BCUT2D eigenvalue weighted by atomic mass is 28.4. The second kappa shape index (κ2) is 4.67. The van der Waals surface area contributed by atoms with Crippen molar-refractivity contribution in [2.24, 2.45) is 5.92 Å². The number of hydrogen-bond acceptors (Lipinski definition) is 2. The fourth-order valence-corrected chi connectivity index (χ4v) is 5.02. The predicted octanol–water partition coefficient (Wildman–Crippen LogP) is 3.54. The molecule has 3 heteroatoms. The van der Waals surface area contributed by atoms with Crippen molar-refractivity contribution in [2.75, 3.05) is 0 Å². The van der Waals surface area contributed by atoms with Crippen molar-refractivity contribution in [2.45, 2.75) is 83.3 Å². The average molecular weight is 255 g/mol. The zero-order valence-corrected chi connectivity index (χ0v) is 13.2. The largest absolute Gasteiger partial charge is 0.414 e. The first-order chi connectivity index (χ1) is 7.80. The Bertz CT molecular complexity index is 276. The highest BCUT2D eigenvalue weighted by molar-refractivity contribution is 6.69. The monoisotopic (exact) mass is 255 g/mol. The third-order valence-electron chi connectivity index (χ3n) is 4.40. The van der Waals surface area contributed by atoms with Crippen LogP contribution in [0.25, 0.3) is 0 Å². The molecule has 2 aliphatic rings. The topological polar surface area (TPSA) is 21.3 Å². The number of piperidine rings is 1. The summed E-state index contributed by atoms with van der Waals surface area (Å²) in [7, 11) is -1.41. The first-order valence-electron chi connectivity index (χ1n) is 7.26. The van der Waals surface area contributed by atoms with E-state index in [1.807, 2.05) is 0 Å². The van der Waals surface area contributed by atoms with Gasteiger partial charge in [0.05, 0.1) is 6.10 Å².